The molecule has 2 aromatic rings. The summed E-state index contributed by atoms with van der Waals surface area (Å²) >= 11 is 0. The summed E-state index contributed by atoms with van der Waals surface area (Å²) in [6.45, 7) is 4.70. The summed E-state index contributed by atoms with van der Waals surface area (Å²) in [6.07, 6.45) is 0. The Hall–Kier alpha value is -2.25. The summed E-state index contributed by atoms with van der Waals surface area (Å²) in [5.74, 6) is 0.631. The molecule has 24 heavy (non-hydrogen) atoms. The number of H-pyrrole nitrogens is 1. The SMILES string of the molecule is C[C@H](C(=O)N1CCOCC1)N(C)Cc1nc2ccccc2c(=O)[nH]1. The Balaban J connectivity index is 1.73. The van der Waals surface area contributed by atoms with Crippen LogP contribution in [0.4, 0.5) is 0 Å². The molecule has 128 valence electrons. The van der Waals surface area contributed by atoms with Gasteiger partial charge in [-0.1, -0.05) is 12.1 Å². The number of ether oxygens (including phenoxy) is 1. The Morgan fingerprint density at radius 3 is 2.83 bits per heavy atom. The van der Waals surface area contributed by atoms with Crippen molar-refractivity contribution in [3.05, 3.63) is 40.4 Å². The predicted octanol–water partition coefficient (Wildman–Crippen LogP) is 0.602. The van der Waals surface area contributed by atoms with Crippen LogP contribution in [0, 0.1) is 0 Å². The Bertz CT molecular complexity index is 783. The zero-order valence-electron chi connectivity index (χ0n) is 14.0. The number of carbonyl (C=O) groups is 1. The van der Waals surface area contributed by atoms with E-state index in [1.165, 1.54) is 0 Å². The molecule has 1 aliphatic heterocycles. The quantitative estimate of drug-likeness (QED) is 0.888. The number of aromatic amines is 1. The first-order valence-electron chi connectivity index (χ1n) is 8.11. The molecule has 1 N–H and O–H groups in total. The van der Waals surface area contributed by atoms with Crippen LogP contribution in [0.1, 0.15) is 12.7 Å². The maximum Gasteiger partial charge on any atom is 0.258 e. The molecule has 7 heteroatoms. The zero-order chi connectivity index (χ0) is 17.1. The summed E-state index contributed by atoms with van der Waals surface area (Å²) in [7, 11) is 1.86. The highest BCUT2D eigenvalue weighted by Crippen LogP contribution is 2.10. The molecule has 3 rings (SSSR count). The van der Waals surface area contributed by atoms with Crippen molar-refractivity contribution in [1.82, 2.24) is 19.8 Å². The molecule has 1 atom stereocenters. The number of hydrogen-bond donors (Lipinski definition) is 1. The lowest BCUT2D eigenvalue weighted by Crippen LogP contribution is -2.49. The normalized spacial score (nSPS) is 16.5. The second-order valence-corrected chi connectivity index (χ2v) is 6.06. The van der Waals surface area contributed by atoms with Crippen LogP contribution < -0.4 is 5.56 Å². The molecule has 0 bridgehead atoms. The fraction of sp³-hybridized carbons (Fsp3) is 0.471. The molecule has 0 radical (unpaired) electrons. The van der Waals surface area contributed by atoms with Crippen molar-refractivity contribution in [2.24, 2.45) is 0 Å². The smallest absolute Gasteiger partial charge is 0.258 e. The van der Waals surface area contributed by atoms with Crippen LogP contribution in [-0.2, 0) is 16.1 Å². The minimum atomic E-state index is -0.292. The predicted molar refractivity (Wildman–Crippen MR) is 90.7 cm³/mol. The number of nitrogens with zero attached hydrogens (tertiary/aromatic N) is 3. The van der Waals surface area contributed by atoms with E-state index in [-0.39, 0.29) is 17.5 Å². The van der Waals surface area contributed by atoms with E-state index >= 15 is 0 Å². The molecule has 0 saturated carbocycles. The van der Waals surface area contributed by atoms with Gasteiger partial charge in [0, 0.05) is 13.1 Å². The van der Waals surface area contributed by atoms with E-state index in [2.05, 4.69) is 9.97 Å². The maximum atomic E-state index is 12.5. The van der Waals surface area contributed by atoms with Crippen molar-refractivity contribution in [3.8, 4) is 0 Å². The lowest BCUT2D eigenvalue weighted by Gasteiger charge is -2.32. The minimum absolute atomic E-state index is 0.0731. The summed E-state index contributed by atoms with van der Waals surface area (Å²) in [5.41, 5.74) is 0.507. The lowest BCUT2D eigenvalue weighted by molar-refractivity contribution is -0.140. The fourth-order valence-electron chi connectivity index (χ4n) is 2.82. The van der Waals surface area contributed by atoms with Crippen molar-refractivity contribution in [2.75, 3.05) is 33.4 Å². The zero-order valence-corrected chi connectivity index (χ0v) is 14.0. The maximum absolute atomic E-state index is 12.5. The number of benzene rings is 1. The highest BCUT2D eigenvalue weighted by Gasteiger charge is 2.25. The summed E-state index contributed by atoms with van der Waals surface area (Å²) < 4.78 is 5.28. The number of amides is 1. The molecule has 1 fully saturated rings. The first kappa shape index (κ1) is 16.6. The largest absolute Gasteiger partial charge is 0.378 e. The number of likely N-dealkylation sites (N-methyl/N-ethyl adjacent to an activating group) is 1. The van der Waals surface area contributed by atoms with Gasteiger partial charge in [-0.05, 0) is 26.1 Å². The molecular formula is C17H22N4O3. The first-order chi connectivity index (χ1) is 11.6. The van der Waals surface area contributed by atoms with Crippen molar-refractivity contribution >= 4 is 16.8 Å². The topological polar surface area (TPSA) is 78.5 Å². The third-order valence-corrected chi connectivity index (χ3v) is 4.40. The van der Waals surface area contributed by atoms with Crippen LogP contribution in [0.2, 0.25) is 0 Å². The second kappa shape index (κ2) is 7.11. The molecule has 7 nitrogen and oxygen atoms in total. The van der Waals surface area contributed by atoms with Gasteiger partial charge in [-0.15, -0.1) is 0 Å². The van der Waals surface area contributed by atoms with Gasteiger partial charge >= 0.3 is 0 Å². The van der Waals surface area contributed by atoms with Crippen LogP contribution >= 0.6 is 0 Å². The van der Waals surface area contributed by atoms with Gasteiger partial charge in [0.05, 0.1) is 36.7 Å². The lowest BCUT2D eigenvalue weighted by atomic mass is 10.2. The highest BCUT2D eigenvalue weighted by atomic mass is 16.5. The summed E-state index contributed by atoms with van der Waals surface area (Å²) in [4.78, 5) is 35.7. The molecule has 1 saturated heterocycles. The van der Waals surface area contributed by atoms with Crippen molar-refractivity contribution in [3.63, 3.8) is 0 Å². The molecule has 1 aromatic carbocycles. The van der Waals surface area contributed by atoms with Gasteiger partial charge in [0.15, 0.2) is 0 Å². The number of rotatable bonds is 4. The number of aromatic nitrogens is 2. The number of para-hydroxylation sites is 1. The third-order valence-electron chi connectivity index (χ3n) is 4.40. The van der Waals surface area contributed by atoms with Crippen LogP contribution in [0.25, 0.3) is 10.9 Å². The first-order valence-corrected chi connectivity index (χ1v) is 8.11. The van der Waals surface area contributed by atoms with E-state index in [4.69, 9.17) is 4.74 Å². The van der Waals surface area contributed by atoms with Crippen LogP contribution in [0.5, 0.6) is 0 Å². The standard InChI is InChI=1S/C17H22N4O3/c1-12(17(23)21-7-9-24-10-8-21)20(2)11-15-18-14-6-4-3-5-13(14)16(22)19-15/h3-6,12H,7-11H2,1-2H3,(H,18,19,22)/t12-/m1/s1. The van der Waals surface area contributed by atoms with Gasteiger partial charge in [-0.3, -0.25) is 14.5 Å². The Labute approximate surface area is 140 Å². The Kier molecular flexibility index (Phi) is 4.92. The number of nitrogens with one attached hydrogen (secondary N) is 1. The van der Waals surface area contributed by atoms with E-state index in [0.717, 1.165) is 0 Å². The Morgan fingerprint density at radius 2 is 2.08 bits per heavy atom. The highest BCUT2D eigenvalue weighted by molar-refractivity contribution is 5.81. The van der Waals surface area contributed by atoms with Gasteiger partial charge in [0.1, 0.15) is 5.82 Å². The van der Waals surface area contributed by atoms with Crippen molar-refractivity contribution in [2.45, 2.75) is 19.5 Å². The number of fused-ring (bicyclic) bond motifs is 1. The van der Waals surface area contributed by atoms with E-state index in [9.17, 15) is 9.59 Å². The van der Waals surface area contributed by atoms with Gasteiger partial charge in [0.25, 0.3) is 5.56 Å². The molecule has 0 spiro atoms. The van der Waals surface area contributed by atoms with Crippen LogP contribution in [-0.4, -0.2) is 65.1 Å². The van der Waals surface area contributed by atoms with E-state index in [1.807, 2.05) is 42.0 Å². The number of hydrogen-bond acceptors (Lipinski definition) is 5. The molecular weight excluding hydrogens is 308 g/mol. The van der Waals surface area contributed by atoms with E-state index in [1.54, 1.807) is 6.07 Å². The average Bonchev–Trinajstić information content (AvgIpc) is 2.61. The molecule has 1 amide bonds. The molecule has 2 heterocycles. The Morgan fingerprint density at radius 1 is 1.38 bits per heavy atom. The van der Waals surface area contributed by atoms with Crippen LogP contribution in [0.15, 0.2) is 29.1 Å². The van der Waals surface area contributed by atoms with E-state index in [0.29, 0.717) is 49.6 Å². The van der Waals surface area contributed by atoms with Gasteiger partial charge in [-0.25, -0.2) is 4.98 Å². The van der Waals surface area contributed by atoms with E-state index < -0.39 is 0 Å². The monoisotopic (exact) mass is 330 g/mol. The van der Waals surface area contributed by atoms with Crippen molar-refractivity contribution in [1.29, 1.82) is 0 Å². The number of morpholine rings is 1. The summed E-state index contributed by atoms with van der Waals surface area (Å²) in [6, 6.07) is 6.94. The van der Waals surface area contributed by atoms with Crippen molar-refractivity contribution < 1.29 is 9.53 Å². The fourth-order valence-corrected chi connectivity index (χ4v) is 2.82. The third kappa shape index (κ3) is 3.47. The number of carbonyl (C=O) groups excluding carboxylic acids is 1. The van der Waals surface area contributed by atoms with Crippen LogP contribution in [0.3, 0.4) is 0 Å². The van der Waals surface area contributed by atoms with Gasteiger partial charge in [0.2, 0.25) is 5.91 Å². The van der Waals surface area contributed by atoms with Gasteiger partial charge in [-0.2, -0.15) is 0 Å². The molecule has 1 aromatic heterocycles. The average molecular weight is 330 g/mol. The van der Waals surface area contributed by atoms with Gasteiger partial charge < -0.3 is 14.6 Å². The second-order valence-electron chi connectivity index (χ2n) is 6.06. The molecule has 0 aliphatic carbocycles. The minimum Gasteiger partial charge on any atom is -0.378 e. The molecule has 0 unspecified atom stereocenters. The molecule has 1 aliphatic rings. The summed E-state index contributed by atoms with van der Waals surface area (Å²) in [5, 5.41) is 0.571.